The van der Waals surface area contributed by atoms with Gasteiger partial charge in [0, 0.05) is 29.1 Å². The van der Waals surface area contributed by atoms with Gasteiger partial charge in [-0.1, -0.05) is 30.0 Å². The van der Waals surface area contributed by atoms with Crippen molar-refractivity contribution in [1.82, 2.24) is 4.57 Å². The van der Waals surface area contributed by atoms with E-state index >= 15 is 0 Å². The summed E-state index contributed by atoms with van der Waals surface area (Å²) < 4.78 is 1.84. The van der Waals surface area contributed by atoms with Gasteiger partial charge in [0.05, 0.1) is 5.52 Å². The fourth-order valence-electron chi connectivity index (χ4n) is 3.21. The Morgan fingerprint density at radius 3 is 2.46 bits per heavy atom. The van der Waals surface area contributed by atoms with Gasteiger partial charge in [-0.3, -0.25) is 4.79 Å². The van der Waals surface area contributed by atoms with Crippen LogP contribution in [0.2, 0.25) is 0 Å². The van der Waals surface area contributed by atoms with Gasteiger partial charge in [-0.2, -0.15) is 0 Å². The Morgan fingerprint density at radius 1 is 1.00 bits per heavy atom. The molecule has 1 aromatic heterocycles. The summed E-state index contributed by atoms with van der Waals surface area (Å²) in [5.74, 6) is 7.01. The molecular formula is C22H19NO. The molecular weight excluding hydrogens is 294 g/mol. The minimum atomic E-state index is 0.106. The monoisotopic (exact) mass is 313 g/mol. The minimum Gasteiger partial charge on any atom is -0.309 e. The third-order valence-electron chi connectivity index (χ3n) is 4.60. The van der Waals surface area contributed by atoms with Gasteiger partial charge in [0.25, 0.3) is 5.56 Å². The molecule has 2 nitrogen and oxygen atoms in total. The Balaban J connectivity index is 1.86. The Labute approximate surface area is 141 Å². The van der Waals surface area contributed by atoms with Crippen LogP contribution in [0.15, 0.2) is 59.4 Å². The van der Waals surface area contributed by atoms with Gasteiger partial charge in [0.1, 0.15) is 0 Å². The van der Waals surface area contributed by atoms with Crippen LogP contribution in [0.5, 0.6) is 0 Å². The molecule has 24 heavy (non-hydrogen) atoms. The molecule has 1 aliphatic rings. The van der Waals surface area contributed by atoms with Gasteiger partial charge in [-0.15, -0.1) is 0 Å². The van der Waals surface area contributed by atoms with Gasteiger partial charge >= 0.3 is 0 Å². The Hall–Kier alpha value is -2.79. The van der Waals surface area contributed by atoms with Crippen LogP contribution in [0.1, 0.15) is 42.4 Å². The van der Waals surface area contributed by atoms with E-state index in [2.05, 4.69) is 17.9 Å². The molecule has 0 atom stereocenters. The lowest BCUT2D eigenvalue weighted by atomic mass is 10.0. The van der Waals surface area contributed by atoms with Crippen molar-refractivity contribution >= 4 is 10.9 Å². The van der Waals surface area contributed by atoms with E-state index in [0.29, 0.717) is 12.5 Å². The van der Waals surface area contributed by atoms with Crippen LogP contribution in [0.25, 0.3) is 10.9 Å². The molecule has 118 valence electrons. The molecule has 0 saturated heterocycles. The molecule has 1 fully saturated rings. The molecule has 0 radical (unpaired) electrons. The van der Waals surface area contributed by atoms with Crippen molar-refractivity contribution in [2.75, 3.05) is 0 Å². The number of hydrogen-bond acceptors (Lipinski definition) is 1. The Bertz CT molecular complexity index is 1010. The summed E-state index contributed by atoms with van der Waals surface area (Å²) in [5, 5.41) is 1.18. The van der Waals surface area contributed by atoms with Crippen LogP contribution in [-0.2, 0) is 6.54 Å². The minimum absolute atomic E-state index is 0.106. The molecule has 1 heterocycles. The van der Waals surface area contributed by atoms with Crippen molar-refractivity contribution in [1.29, 1.82) is 0 Å². The van der Waals surface area contributed by atoms with Crippen LogP contribution < -0.4 is 5.56 Å². The van der Waals surface area contributed by atoms with Crippen LogP contribution in [0, 0.1) is 11.8 Å². The van der Waals surface area contributed by atoms with E-state index in [9.17, 15) is 4.79 Å². The number of benzene rings is 2. The van der Waals surface area contributed by atoms with Crippen molar-refractivity contribution in [3.8, 4) is 11.8 Å². The average molecular weight is 313 g/mol. The van der Waals surface area contributed by atoms with E-state index in [1.807, 2.05) is 60.0 Å². The standard InChI is InChI=1S/C22H19NO/c1-2-23-21-13-10-17(9-8-16-6-4-3-5-7-16)14-20(21)19(15-22(23)24)18-11-12-18/h3-7,10,13-15,18H,2,11-12H2,1H3. The summed E-state index contributed by atoms with van der Waals surface area (Å²) in [6.07, 6.45) is 2.37. The number of aromatic nitrogens is 1. The smallest absolute Gasteiger partial charge is 0.251 e. The van der Waals surface area contributed by atoms with Gasteiger partial charge in [0.15, 0.2) is 0 Å². The highest BCUT2D eigenvalue weighted by Crippen LogP contribution is 2.42. The first kappa shape index (κ1) is 14.8. The first-order valence-electron chi connectivity index (χ1n) is 8.51. The second-order valence-electron chi connectivity index (χ2n) is 6.30. The molecule has 2 heteroatoms. The number of rotatable bonds is 2. The predicted octanol–water partition coefficient (Wildman–Crippen LogP) is 4.30. The third kappa shape index (κ3) is 2.74. The Kier molecular flexibility index (Phi) is 3.70. The molecule has 0 N–H and O–H groups in total. The van der Waals surface area contributed by atoms with Crippen LogP contribution in [0.4, 0.5) is 0 Å². The maximum atomic E-state index is 12.3. The molecule has 2 aromatic carbocycles. The highest BCUT2D eigenvalue weighted by atomic mass is 16.1. The first-order chi connectivity index (χ1) is 11.8. The summed E-state index contributed by atoms with van der Waals surface area (Å²) in [6.45, 7) is 2.70. The van der Waals surface area contributed by atoms with Gasteiger partial charge in [-0.25, -0.2) is 0 Å². The molecule has 1 aliphatic carbocycles. The van der Waals surface area contributed by atoms with E-state index in [1.165, 1.54) is 23.8 Å². The SMILES string of the molecule is CCn1c(=O)cc(C2CC2)c2cc(C#Cc3ccccc3)ccc21. The van der Waals surface area contributed by atoms with E-state index in [4.69, 9.17) is 0 Å². The summed E-state index contributed by atoms with van der Waals surface area (Å²) in [6, 6.07) is 18.0. The first-order valence-corrected chi connectivity index (χ1v) is 8.51. The van der Waals surface area contributed by atoms with Crippen molar-refractivity contribution in [2.24, 2.45) is 0 Å². The molecule has 0 bridgehead atoms. The summed E-state index contributed by atoms with van der Waals surface area (Å²) in [4.78, 5) is 12.3. The quantitative estimate of drug-likeness (QED) is 0.647. The van der Waals surface area contributed by atoms with Crippen molar-refractivity contribution in [2.45, 2.75) is 32.2 Å². The largest absolute Gasteiger partial charge is 0.309 e. The molecule has 0 amide bonds. The molecule has 4 rings (SSSR count). The predicted molar refractivity (Wildman–Crippen MR) is 98.3 cm³/mol. The molecule has 1 saturated carbocycles. The maximum Gasteiger partial charge on any atom is 0.251 e. The van der Waals surface area contributed by atoms with Gasteiger partial charge in [0.2, 0.25) is 0 Å². The lowest BCUT2D eigenvalue weighted by Crippen LogP contribution is -2.19. The van der Waals surface area contributed by atoms with E-state index in [1.54, 1.807) is 0 Å². The molecule has 0 aliphatic heterocycles. The molecule has 0 unspecified atom stereocenters. The fourth-order valence-corrected chi connectivity index (χ4v) is 3.21. The zero-order chi connectivity index (χ0) is 16.5. The zero-order valence-electron chi connectivity index (χ0n) is 13.8. The number of hydrogen-bond donors (Lipinski definition) is 0. The zero-order valence-corrected chi connectivity index (χ0v) is 13.8. The topological polar surface area (TPSA) is 22.0 Å². The maximum absolute atomic E-state index is 12.3. The van der Waals surface area contributed by atoms with Crippen molar-refractivity contribution < 1.29 is 0 Å². The summed E-state index contributed by atoms with van der Waals surface area (Å²) in [5.41, 5.74) is 4.34. The second kappa shape index (κ2) is 6.02. The van der Waals surface area contributed by atoms with E-state index < -0.39 is 0 Å². The number of pyridine rings is 1. The van der Waals surface area contributed by atoms with Gasteiger partial charge < -0.3 is 4.57 Å². The second-order valence-corrected chi connectivity index (χ2v) is 6.30. The van der Waals surface area contributed by atoms with Crippen molar-refractivity contribution in [3.63, 3.8) is 0 Å². The normalized spacial score (nSPS) is 13.5. The third-order valence-corrected chi connectivity index (χ3v) is 4.60. The lowest BCUT2D eigenvalue weighted by molar-refractivity contribution is 0.757. The number of aryl methyl sites for hydroxylation is 1. The fraction of sp³-hybridized carbons (Fsp3) is 0.227. The summed E-state index contributed by atoms with van der Waals surface area (Å²) in [7, 11) is 0. The van der Waals surface area contributed by atoms with Gasteiger partial charge in [-0.05, 0) is 61.6 Å². The number of fused-ring (bicyclic) bond motifs is 1. The van der Waals surface area contributed by atoms with E-state index in [0.717, 1.165) is 16.6 Å². The average Bonchev–Trinajstić information content (AvgIpc) is 3.45. The highest BCUT2D eigenvalue weighted by Gasteiger charge is 2.26. The number of nitrogens with zero attached hydrogens (tertiary/aromatic N) is 1. The lowest BCUT2D eigenvalue weighted by Gasteiger charge is -2.12. The summed E-state index contributed by atoms with van der Waals surface area (Å²) >= 11 is 0. The Morgan fingerprint density at radius 2 is 1.75 bits per heavy atom. The van der Waals surface area contributed by atoms with Crippen LogP contribution >= 0.6 is 0 Å². The molecule has 3 aromatic rings. The van der Waals surface area contributed by atoms with Crippen LogP contribution in [0.3, 0.4) is 0 Å². The highest BCUT2D eigenvalue weighted by molar-refractivity contribution is 5.85. The van der Waals surface area contributed by atoms with Crippen molar-refractivity contribution in [3.05, 3.63) is 81.6 Å². The van der Waals surface area contributed by atoms with Crippen LogP contribution in [-0.4, -0.2) is 4.57 Å². The van der Waals surface area contributed by atoms with E-state index in [-0.39, 0.29) is 5.56 Å². The molecule has 0 spiro atoms.